The van der Waals surface area contributed by atoms with Gasteiger partial charge in [-0.15, -0.1) is 0 Å². The molecule has 24 heavy (non-hydrogen) atoms. The van der Waals surface area contributed by atoms with E-state index in [0.717, 1.165) is 0 Å². The first-order valence-electron chi connectivity index (χ1n) is 6.85. The summed E-state index contributed by atoms with van der Waals surface area (Å²) in [5, 5.41) is 9.29. The lowest BCUT2D eigenvalue weighted by atomic mass is 10.1. The van der Waals surface area contributed by atoms with E-state index in [0.29, 0.717) is 10.6 Å². The Labute approximate surface area is 136 Å². The largest absolute Gasteiger partial charge is 0.496 e. The zero-order valence-corrected chi connectivity index (χ0v) is 12.5. The molecule has 0 spiro atoms. The van der Waals surface area contributed by atoms with E-state index in [1.54, 1.807) is 12.1 Å². The van der Waals surface area contributed by atoms with Crippen LogP contribution in [-0.4, -0.2) is 30.0 Å². The third kappa shape index (κ3) is 2.36. The van der Waals surface area contributed by atoms with Gasteiger partial charge in [-0.25, -0.2) is 4.79 Å². The smallest absolute Gasteiger partial charge is 0.367 e. The summed E-state index contributed by atoms with van der Waals surface area (Å²) >= 11 is 0. The van der Waals surface area contributed by atoms with E-state index >= 15 is 0 Å². The van der Waals surface area contributed by atoms with Crippen LogP contribution in [0.25, 0.3) is 0 Å². The Hall–Kier alpha value is -3.66. The van der Waals surface area contributed by atoms with Gasteiger partial charge in [-0.05, 0) is 30.3 Å². The predicted molar refractivity (Wildman–Crippen MR) is 80.1 cm³/mol. The highest BCUT2D eigenvalue weighted by molar-refractivity contribution is 6.21. The van der Waals surface area contributed by atoms with Gasteiger partial charge in [0.1, 0.15) is 11.3 Å². The summed E-state index contributed by atoms with van der Waals surface area (Å²) in [7, 11) is 1.33. The van der Waals surface area contributed by atoms with Crippen molar-refractivity contribution in [3.8, 4) is 11.8 Å². The Morgan fingerprint density at radius 2 is 1.71 bits per heavy atom. The number of carbonyl (C=O) groups excluding carboxylic acids is 3. The van der Waals surface area contributed by atoms with Crippen LogP contribution < -0.4 is 4.74 Å². The zero-order chi connectivity index (χ0) is 17.3. The molecule has 0 N–H and O–H groups in total. The fraction of sp³-hybridized carbons (Fsp3) is 0.0588. The van der Waals surface area contributed by atoms with Crippen LogP contribution >= 0.6 is 0 Å². The van der Waals surface area contributed by atoms with Crippen LogP contribution in [0.3, 0.4) is 0 Å². The van der Waals surface area contributed by atoms with Gasteiger partial charge in [-0.1, -0.05) is 17.2 Å². The molecule has 0 fully saturated rings. The first kappa shape index (κ1) is 15.2. The molecule has 0 atom stereocenters. The van der Waals surface area contributed by atoms with Crippen LogP contribution in [0.4, 0.5) is 0 Å². The zero-order valence-electron chi connectivity index (χ0n) is 12.5. The molecule has 0 bridgehead atoms. The van der Waals surface area contributed by atoms with Crippen molar-refractivity contribution in [3.63, 3.8) is 0 Å². The minimum absolute atomic E-state index is 0.00643. The first-order chi connectivity index (χ1) is 11.6. The molecular weight excluding hydrogens is 312 g/mol. The van der Waals surface area contributed by atoms with Crippen molar-refractivity contribution in [2.45, 2.75) is 0 Å². The van der Waals surface area contributed by atoms with E-state index in [1.807, 2.05) is 6.07 Å². The van der Waals surface area contributed by atoms with Gasteiger partial charge in [0.05, 0.1) is 29.9 Å². The van der Waals surface area contributed by atoms with Gasteiger partial charge in [0, 0.05) is 0 Å². The molecule has 1 aliphatic heterocycles. The number of nitrogens with zero attached hydrogens (tertiary/aromatic N) is 2. The topological polar surface area (TPSA) is 96.7 Å². The molecule has 2 aromatic rings. The summed E-state index contributed by atoms with van der Waals surface area (Å²) in [4.78, 5) is 41.6. The van der Waals surface area contributed by atoms with Crippen molar-refractivity contribution in [3.05, 3.63) is 64.7 Å². The Balaban J connectivity index is 1.88. The van der Waals surface area contributed by atoms with Gasteiger partial charge in [0.15, 0.2) is 0 Å². The standard InChI is InChI=1S/C17H10N2O5/c1-23-14-8-10(9-18)6-7-13(14)17(22)24-19-15(20)11-4-2-3-5-12(11)16(19)21/h2-8H,1H3. The average Bonchev–Trinajstić information content (AvgIpc) is 2.86. The normalized spacial score (nSPS) is 12.6. The Morgan fingerprint density at radius 3 is 2.25 bits per heavy atom. The maximum Gasteiger partial charge on any atom is 0.367 e. The first-order valence-corrected chi connectivity index (χ1v) is 6.85. The molecule has 0 saturated heterocycles. The van der Waals surface area contributed by atoms with E-state index in [2.05, 4.69) is 0 Å². The number of nitriles is 1. The molecule has 2 amide bonds. The lowest BCUT2D eigenvalue weighted by Gasteiger charge is -2.14. The minimum atomic E-state index is -0.939. The highest BCUT2D eigenvalue weighted by atomic mass is 16.7. The second-order valence-corrected chi connectivity index (χ2v) is 4.86. The Kier molecular flexibility index (Phi) is 3.72. The number of hydroxylamine groups is 2. The van der Waals surface area contributed by atoms with Gasteiger partial charge >= 0.3 is 5.97 Å². The number of amides is 2. The summed E-state index contributed by atoms with van der Waals surface area (Å²) < 4.78 is 5.05. The molecule has 7 nitrogen and oxygen atoms in total. The average molecular weight is 322 g/mol. The van der Waals surface area contributed by atoms with Crippen LogP contribution in [-0.2, 0) is 4.84 Å². The van der Waals surface area contributed by atoms with Gasteiger partial charge < -0.3 is 9.57 Å². The van der Waals surface area contributed by atoms with E-state index in [1.165, 1.54) is 37.4 Å². The molecule has 0 saturated carbocycles. The highest BCUT2D eigenvalue weighted by Gasteiger charge is 2.39. The maximum atomic E-state index is 12.3. The number of hydrogen-bond donors (Lipinski definition) is 0. The van der Waals surface area contributed by atoms with E-state index in [9.17, 15) is 14.4 Å². The molecule has 0 aromatic heterocycles. The van der Waals surface area contributed by atoms with Crippen molar-refractivity contribution >= 4 is 17.8 Å². The lowest BCUT2D eigenvalue weighted by Crippen LogP contribution is -2.32. The molecule has 7 heteroatoms. The molecule has 3 rings (SSSR count). The number of fused-ring (bicyclic) bond motifs is 1. The summed E-state index contributed by atoms with van der Waals surface area (Å²) in [6, 6.07) is 12.2. The maximum absolute atomic E-state index is 12.3. The molecule has 0 aliphatic carbocycles. The van der Waals surface area contributed by atoms with E-state index in [-0.39, 0.29) is 22.4 Å². The Morgan fingerprint density at radius 1 is 1.08 bits per heavy atom. The number of imide groups is 1. The molecule has 0 radical (unpaired) electrons. The van der Waals surface area contributed by atoms with Crippen molar-refractivity contribution in [2.24, 2.45) is 0 Å². The van der Waals surface area contributed by atoms with Crippen molar-refractivity contribution in [2.75, 3.05) is 7.11 Å². The van der Waals surface area contributed by atoms with Gasteiger partial charge in [-0.3, -0.25) is 9.59 Å². The van der Waals surface area contributed by atoms with Crippen LogP contribution in [0.2, 0.25) is 0 Å². The summed E-state index contributed by atoms with van der Waals surface area (Å²) in [5.74, 6) is -2.25. The van der Waals surface area contributed by atoms with Crippen LogP contribution in [0.5, 0.6) is 5.75 Å². The Bertz CT molecular complexity index is 878. The minimum Gasteiger partial charge on any atom is -0.496 e. The predicted octanol–water partition coefficient (Wildman–Crippen LogP) is 1.93. The van der Waals surface area contributed by atoms with Gasteiger partial charge in [-0.2, -0.15) is 5.26 Å². The number of methoxy groups -OCH3 is 1. The third-order valence-corrected chi connectivity index (χ3v) is 3.48. The number of ether oxygens (including phenoxy) is 1. The molecule has 1 heterocycles. The summed E-state index contributed by atoms with van der Waals surface area (Å²) in [6.45, 7) is 0. The summed E-state index contributed by atoms with van der Waals surface area (Å²) in [5.41, 5.74) is 0.626. The molecule has 0 unspecified atom stereocenters. The summed E-state index contributed by atoms with van der Waals surface area (Å²) in [6.07, 6.45) is 0. The van der Waals surface area contributed by atoms with Gasteiger partial charge in [0.25, 0.3) is 11.8 Å². The number of hydrogen-bond acceptors (Lipinski definition) is 6. The lowest BCUT2D eigenvalue weighted by molar-refractivity contribution is -0.0586. The quantitative estimate of drug-likeness (QED) is 0.801. The SMILES string of the molecule is COc1cc(C#N)ccc1C(=O)ON1C(=O)c2ccccc2C1=O. The van der Waals surface area contributed by atoms with Crippen molar-refractivity contribution in [1.82, 2.24) is 5.06 Å². The third-order valence-electron chi connectivity index (χ3n) is 3.48. The molecule has 1 aliphatic rings. The van der Waals surface area contributed by atoms with E-state index < -0.39 is 17.8 Å². The number of rotatable bonds is 3. The van der Waals surface area contributed by atoms with E-state index in [4.69, 9.17) is 14.8 Å². The monoisotopic (exact) mass is 322 g/mol. The van der Waals surface area contributed by atoms with Crippen molar-refractivity contribution in [1.29, 1.82) is 5.26 Å². The number of benzene rings is 2. The van der Waals surface area contributed by atoms with Crippen LogP contribution in [0.1, 0.15) is 36.6 Å². The fourth-order valence-electron chi connectivity index (χ4n) is 2.31. The van der Waals surface area contributed by atoms with Crippen LogP contribution in [0.15, 0.2) is 42.5 Å². The second kappa shape index (κ2) is 5.85. The molecule has 118 valence electrons. The molecule has 2 aromatic carbocycles. The van der Waals surface area contributed by atoms with Crippen molar-refractivity contribution < 1.29 is 24.0 Å². The van der Waals surface area contributed by atoms with Crippen LogP contribution in [0, 0.1) is 11.3 Å². The van der Waals surface area contributed by atoms with Gasteiger partial charge in [0.2, 0.25) is 0 Å². The fourth-order valence-corrected chi connectivity index (χ4v) is 2.31. The number of carbonyl (C=O) groups is 3. The molecular formula is C17H10N2O5. The highest BCUT2D eigenvalue weighted by Crippen LogP contribution is 2.25. The second-order valence-electron chi connectivity index (χ2n) is 4.86.